The molecule has 1 rings (SSSR count). The number of aliphatic hydroxyl groups is 1. The minimum Gasteiger partial charge on any atom is -0.388 e. The maximum atomic E-state index is 11.8. The highest BCUT2D eigenvalue weighted by molar-refractivity contribution is 5.75. The van der Waals surface area contributed by atoms with Crippen molar-refractivity contribution in [3.63, 3.8) is 0 Å². The number of hydrogen-bond acceptors (Lipinski definition) is 2. The molecule has 118 valence electrons. The number of unbranched alkanes of at least 4 members (excludes halogenated alkanes) is 5. The van der Waals surface area contributed by atoms with Crippen LogP contribution in [0, 0.1) is 0 Å². The Hall–Kier alpha value is -0.570. The van der Waals surface area contributed by atoms with Crippen LogP contribution < -0.4 is 5.32 Å². The molecule has 2 N–H and O–H groups in total. The van der Waals surface area contributed by atoms with Crippen molar-refractivity contribution in [2.24, 2.45) is 0 Å². The van der Waals surface area contributed by atoms with Gasteiger partial charge in [0.15, 0.2) is 0 Å². The molecule has 0 aromatic rings. The fourth-order valence-corrected chi connectivity index (χ4v) is 2.98. The van der Waals surface area contributed by atoms with E-state index in [0.29, 0.717) is 13.0 Å². The van der Waals surface area contributed by atoms with Crippen LogP contribution in [0.1, 0.15) is 90.4 Å². The lowest BCUT2D eigenvalue weighted by Gasteiger charge is -2.26. The third-order valence-corrected chi connectivity index (χ3v) is 4.41. The summed E-state index contributed by atoms with van der Waals surface area (Å²) in [5.74, 6) is 0.109. The van der Waals surface area contributed by atoms with Gasteiger partial charge in [-0.1, -0.05) is 64.7 Å². The van der Waals surface area contributed by atoms with Crippen molar-refractivity contribution < 1.29 is 9.90 Å². The summed E-state index contributed by atoms with van der Waals surface area (Å²) in [6.07, 6.45) is 14.1. The lowest BCUT2D eigenvalue weighted by atomic mass is 9.94. The third kappa shape index (κ3) is 7.88. The van der Waals surface area contributed by atoms with Gasteiger partial charge in [-0.2, -0.15) is 0 Å². The average Bonchev–Trinajstić information content (AvgIpc) is 2.66. The van der Waals surface area contributed by atoms with Crippen molar-refractivity contribution in [2.45, 2.75) is 96.0 Å². The summed E-state index contributed by atoms with van der Waals surface area (Å²) in [6.45, 7) is 2.66. The number of rotatable bonds is 9. The standard InChI is InChI=1S/C17H33NO2/c1-2-3-4-5-6-9-12-16(19)18-15-17(20)13-10-7-8-11-14-17/h20H,2-15H2,1H3,(H,18,19). The molecule has 3 heteroatoms. The van der Waals surface area contributed by atoms with Crippen LogP contribution in [-0.4, -0.2) is 23.2 Å². The number of carbonyl (C=O) groups is 1. The Morgan fingerprint density at radius 2 is 1.60 bits per heavy atom. The third-order valence-electron chi connectivity index (χ3n) is 4.41. The van der Waals surface area contributed by atoms with Crippen LogP contribution >= 0.6 is 0 Å². The predicted molar refractivity (Wildman–Crippen MR) is 83.7 cm³/mol. The molecule has 1 amide bonds. The molecule has 0 spiro atoms. The SMILES string of the molecule is CCCCCCCCC(=O)NCC1(O)CCCCCC1. The Balaban J connectivity index is 2.06. The van der Waals surface area contributed by atoms with E-state index in [9.17, 15) is 9.90 Å². The maximum Gasteiger partial charge on any atom is 0.220 e. The molecule has 0 radical (unpaired) electrons. The van der Waals surface area contributed by atoms with Crippen molar-refractivity contribution in [3.8, 4) is 0 Å². The van der Waals surface area contributed by atoms with Gasteiger partial charge in [0.05, 0.1) is 5.60 Å². The smallest absolute Gasteiger partial charge is 0.220 e. The summed E-state index contributed by atoms with van der Waals surface area (Å²) in [4.78, 5) is 11.8. The first-order valence-electron chi connectivity index (χ1n) is 8.65. The molecular weight excluding hydrogens is 250 g/mol. The second kappa shape index (κ2) is 10.2. The van der Waals surface area contributed by atoms with E-state index in [1.807, 2.05) is 0 Å². The summed E-state index contributed by atoms with van der Waals surface area (Å²) in [5, 5.41) is 13.4. The quantitative estimate of drug-likeness (QED) is 0.497. The van der Waals surface area contributed by atoms with E-state index in [2.05, 4.69) is 12.2 Å². The van der Waals surface area contributed by atoms with Gasteiger partial charge < -0.3 is 10.4 Å². The Kier molecular flexibility index (Phi) is 8.92. The van der Waals surface area contributed by atoms with Gasteiger partial charge in [-0.25, -0.2) is 0 Å². The Morgan fingerprint density at radius 3 is 2.25 bits per heavy atom. The largest absolute Gasteiger partial charge is 0.388 e. The highest BCUT2D eigenvalue weighted by atomic mass is 16.3. The van der Waals surface area contributed by atoms with Gasteiger partial charge in [0.25, 0.3) is 0 Å². The zero-order valence-corrected chi connectivity index (χ0v) is 13.3. The van der Waals surface area contributed by atoms with Crippen LogP contribution in [0.15, 0.2) is 0 Å². The maximum absolute atomic E-state index is 11.8. The van der Waals surface area contributed by atoms with Crippen LogP contribution in [0.2, 0.25) is 0 Å². The number of hydrogen-bond donors (Lipinski definition) is 2. The second-order valence-electron chi connectivity index (χ2n) is 6.43. The zero-order chi connectivity index (χ0) is 14.7. The molecule has 0 aromatic heterocycles. The van der Waals surface area contributed by atoms with Crippen LogP contribution in [-0.2, 0) is 4.79 Å². The minimum atomic E-state index is -0.646. The Morgan fingerprint density at radius 1 is 1.00 bits per heavy atom. The molecule has 0 heterocycles. The summed E-state index contributed by atoms with van der Waals surface area (Å²) in [5.41, 5.74) is -0.646. The molecule has 1 fully saturated rings. The van der Waals surface area contributed by atoms with Crippen molar-refractivity contribution >= 4 is 5.91 Å². The highest BCUT2D eigenvalue weighted by Gasteiger charge is 2.28. The molecule has 0 bridgehead atoms. The van der Waals surface area contributed by atoms with E-state index in [4.69, 9.17) is 0 Å². The van der Waals surface area contributed by atoms with Gasteiger partial charge in [-0.3, -0.25) is 4.79 Å². The topological polar surface area (TPSA) is 49.3 Å². The molecule has 0 saturated heterocycles. The van der Waals surface area contributed by atoms with Gasteiger partial charge >= 0.3 is 0 Å². The fraction of sp³-hybridized carbons (Fsp3) is 0.941. The van der Waals surface area contributed by atoms with Gasteiger partial charge in [-0.05, 0) is 19.3 Å². The Labute approximate surface area is 124 Å². The zero-order valence-electron chi connectivity index (χ0n) is 13.3. The lowest BCUT2D eigenvalue weighted by Crippen LogP contribution is -2.42. The minimum absolute atomic E-state index is 0.109. The summed E-state index contributed by atoms with van der Waals surface area (Å²) < 4.78 is 0. The second-order valence-corrected chi connectivity index (χ2v) is 6.43. The molecule has 0 unspecified atom stereocenters. The van der Waals surface area contributed by atoms with E-state index < -0.39 is 5.60 Å². The van der Waals surface area contributed by atoms with Gasteiger partial charge in [0, 0.05) is 13.0 Å². The van der Waals surface area contributed by atoms with Gasteiger partial charge in [0.2, 0.25) is 5.91 Å². The van der Waals surface area contributed by atoms with Gasteiger partial charge in [0.1, 0.15) is 0 Å². The Bertz CT molecular complexity index is 258. The number of nitrogens with one attached hydrogen (secondary N) is 1. The summed E-state index contributed by atoms with van der Waals surface area (Å²) in [6, 6.07) is 0. The van der Waals surface area contributed by atoms with Crippen LogP contribution in [0.5, 0.6) is 0 Å². The molecule has 0 atom stereocenters. The van der Waals surface area contributed by atoms with Crippen molar-refractivity contribution in [1.82, 2.24) is 5.32 Å². The number of carbonyl (C=O) groups excluding carboxylic acids is 1. The van der Waals surface area contributed by atoms with Crippen molar-refractivity contribution in [2.75, 3.05) is 6.54 Å². The molecule has 3 nitrogen and oxygen atoms in total. The van der Waals surface area contributed by atoms with Crippen LogP contribution in [0.25, 0.3) is 0 Å². The normalized spacial score (nSPS) is 18.5. The lowest BCUT2D eigenvalue weighted by molar-refractivity contribution is -0.122. The first kappa shape index (κ1) is 17.5. The van der Waals surface area contributed by atoms with Crippen molar-refractivity contribution in [3.05, 3.63) is 0 Å². The highest BCUT2D eigenvalue weighted by Crippen LogP contribution is 2.26. The summed E-state index contributed by atoms with van der Waals surface area (Å²) in [7, 11) is 0. The first-order chi connectivity index (χ1) is 9.66. The molecule has 1 aliphatic rings. The van der Waals surface area contributed by atoms with Crippen LogP contribution in [0.3, 0.4) is 0 Å². The monoisotopic (exact) mass is 283 g/mol. The average molecular weight is 283 g/mol. The first-order valence-corrected chi connectivity index (χ1v) is 8.65. The number of amides is 1. The molecular formula is C17H33NO2. The molecule has 0 aromatic carbocycles. The molecule has 0 aliphatic heterocycles. The van der Waals surface area contributed by atoms with E-state index >= 15 is 0 Å². The van der Waals surface area contributed by atoms with Crippen molar-refractivity contribution in [1.29, 1.82) is 0 Å². The van der Waals surface area contributed by atoms with E-state index in [0.717, 1.165) is 38.5 Å². The molecule has 1 aliphatic carbocycles. The summed E-state index contributed by atoms with van der Waals surface area (Å²) >= 11 is 0. The van der Waals surface area contributed by atoms with Crippen LogP contribution in [0.4, 0.5) is 0 Å². The fourth-order valence-electron chi connectivity index (χ4n) is 2.98. The molecule has 1 saturated carbocycles. The predicted octanol–water partition coefficient (Wildman–Crippen LogP) is 3.94. The van der Waals surface area contributed by atoms with E-state index in [1.165, 1.54) is 38.5 Å². The molecule has 20 heavy (non-hydrogen) atoms. The van der Waals surface area contributed by atoms with E-state index in [-0.39, 0.29) is 5.91 Å². The van der Waals surface area contributed by atoms with Gasteiger partial charge in [-0.15, -0.1) is 0 Å². The van der Waals surface area contributed by atoms with E-state index in [1.54, 1.807) is 0 Å².